The van der Waals surface area contributed by atoms with Crippen LogP contribution < -0.4 is 4.74 Å². The fourth-order valence-electron chi connectivity index (χ4n) is 2.63. The van der Waals surface area contributed by atoms with Gasteiger partial charge in [0, 0.05) is 4.43 Å². The minimum atomic E-state index is 0.686. The first-order valence-electron chi connectivity index (χ1n) is 7.30. The number of halogens is 1. The highest BCUT2D eigenvalue weighted by Crippen LogP contribution is 2.28. The quantitative estimate of drug-likeness (QED) is 0.377. The molecule has 0 spiro atoms. The van der Waals surface area contributed by atoms with Crippen molar-refractivity contribution in [2.24, 2.45) is 0 Å². The van der Waals surface area contributed by atoms with E-state index in [1.54, 1.807) is 18.3 Å². The zero-order valence-electron chi connectivity index (χ0n) is 12.2. The van der Waals surface area contributed by atoms with Crippen LogP contribution >= 0.6 is 22.6 Å². The Kier molecular flexibility index (Phi) is 6.87. The highest BCUT2D eigenvalue weighted by atomic mass is 127. The fraction of sp³-hybridized carbons (Fsp3) is 0.529. The first-order chi connectivity index (χ1) is 9.83. The van der Waals surface area contributed by atoms with Crippen molar-refractivity contribution in [1.29, 1.82) is 0 Å². The van der Waals surface area contributed by atoms with Crippen LogP contribution in [-0.2, 0) is 11.3 Å². The molecule has 0 bridgehead atoms. The highest BCUT2D eigenvalue weighted by Gasteiger charge is 2.12. The van der Waals surface area contributed by atoms with E-state index in [9.17, 15) is 0 Å². The molecule has 2 nitrogen and oxygen atoms in total. The Bertz CT molecular complexity index is 437. The molecule has 0 aliphatic heterocycles. The molecule has 3 heteroatoms. The predicted octanol–water partition coefficient (Wildman–Crippen LogP) is 4.91. The van der Waals surface area contributed by atoms with Gasteiger partial charge in [-0.1, -0.05) is 40.3 Å². The van der Waals surface area contributed by atoms with E-state index in [-0.39, 0.29) is 0 Å². The SMILES string of the molecule is COc1ccc(COCC2=C(CCI)CCCC2)cc1. The number of rotatable bonds is 7. The molecular weight excluding hydrogens is 363 g/mol. The van der Waals surface area contributed by atoms with Gasteiger partial charge >= 0.3 is 0 Å². The summed E-state index contributed by atoms with van der Waals surface area (Å²) < 4.78 is 12.3. The molecule has 110 valence electrons. The molecule has 0 aromatic heterocycles. The molecule has 1 aliphatic carbocycles. The van der Waals surface area contributed by atoms with Crippen molar-refractivity contribution in [2.45, 2.75) is 38.7 Å². The molecule has 2 rings (SSSR count). The normalized spacial score (nSPS) is 15.5. The largest absolute Gasteiger partial charge is 0.497 e. The van der Waals surface area contributed by atoms with E-state index in [4.69, 9.17) is 9.47 Å². The Balaban J connectivity index is 1.84. The van der Waals surface area contributed by atoms with Crippen LogP contribution in [0, 0.1) is 0 Å². The lowest BCUT2D eigenvalue weighted by Gasteiger charge is -2.20. The first kappa shape index (κ1) is 15.8. The second-order valence-corrected chi connectivity index (χ2v) is 6.27. The maximum atomic E-state index is 5.91. The lowest BCUT2D eigenvalue weighted by Crippen LogP contribution is -2.07. The minimum Gasteiger partial charge on any atom is -0.497 e. The smallest absolute Gasteiger partial charge is 0.118 e. The van der Waals surface area contributed by atoms with Gasteiger partial charge in [-0.15, -0.1) is 0 Å². The molecular formula is C17H23IO2. The second-order valence-electron chi connectivity index (χ2n) is 5.19. The number of allylic oxidation sites excluding steroid dienone is 1. The van der Waals surface area contributed by atoms with E-state index < -0.39 is 0 Å². The van der Waals surface area contributed by atoms with Crippen molar-refractivity contribution >= 4 is 22.6 Å². The van der Waals surface area contributed by atoms with E-state index in [0.29, 0.717) is 6.61 Å². The molecule has 1 aromatic carbocycles. The van der Waals surface area contributed by atoms with Crippen LogP contribution in [0.4, 0.5) is 0 Å². The van der Waals surface area contributed by atoms with E-state index in [1.165, 1.54) is 42.1 Å². The summed E-state index contributed by atoms with van der Waals surface area (Å²) in [6.45, 7) is 1.49. The number of methoxy groups -OCH3 is 1. The molecule has 0 heterocycles. The second kappa shape index (κ2) is 8.67. The number of hydrogen-bond acceptors (Lipinski definition) is 2. The third-order valence-corrected chi connectivity index (χ3v) is 4.35. The molecule has 0 atom stereocenters. The highest BCUT2D eigenvalue weighted by molar-refractivity contribution is 14.1. The number of ether oxygens (including phenoxy) is 2. The van der Waals surface area contributed by atoms with Gasteiger partial charge in [0.05, 0.1) is 20.3 Å². The van der Waals surface area contributed by atoms with Gasteiger partial charge in [-0.2, -0.15) is 0 Å². The number of hydrogen-bond donors (Lipinski definition) is 0. The lowest BCUT2D eigenvalue weighted by atomic mass is 9.91. The lowest BCUT2D eigenvalue weighted by molar-refractivity contribution is 0.138. The molecule has 1 aromatic rings. The monoisotopic (exact) mass is 386 g/mol. The maximum absolute atomic E-state index is 5.91. The molecule has 0 fully saturated rings. The van der Waals surface area contributed by atoms with Gasteiger partial charge in [-0.3, -0.25) is 0 Å². The van der Waals surface area contributed by atoms with E-state index in [0.717, 1.165) is 12.4 Å². The average molecular weight is 386 g/mol. The third kappa shape index (κ3) is 4.77. The Morgan fingerprint density at radius 1 is 1.00 bits per heavy atom. The van der Waals surface area contributed by atoms with E-state index >= 15 is 0 Å². The summed E-state index contributed by atoms with van der Waals surface area (Å²) in [5.74, 6) is 0.896. The van der Waals surface area contributed by atoms with Crippen LogP contribution in [0.2, 0.25) is 0 Å². The molecule has 0 saturated carbocycles. The Morgan fingerprint density at radius 3 is 2.35 bits per heavy atom. The Labute approximate surface area is 135 Å². The van der Waals surface area contributed by atoms with Gasteiger partial charge in [0.25, 0.3) is 0 Å². The van der Waals surface area contributed by atoms with Crippen molar-refractivity contribution in [2.75, 3.05) is 18.1 Å². The van der Waals surface area contributed by atoms with Crippen LogP contribution in [0.5, 0.6) is 5.75 Å². The van der Waals surface area contributed by atoms with Crippen LogP contribution in [0.1, 0.15) is 37.7 Å². The molecule has 1 aliphatic rings. The Hall–Kier alpha value is -0.550. The van der Waals surface area contributed by atoms with Crippen LogP contribution in [0.25, 0.3) is 0 Å². The number of benzene rings is 1. The standard InChI is InChI=1S/C17H23IO2/c1-19-17-8-6-14(7-9-17)12-20-13-16-5-3-2-4-15(16)10-11-18/h6-9H,2-5,10-13H2,1H3. The summed E-state index contributed by atoms with van der Waals surface area (Å²) >= 11 is 2.47. The molecule has 0 amide bonds. The summed E-state index contributed by atoms with van der Waals surface area (Å²) in [4.78, 5) is 0. The van der Waals surface area contributed by atoms with Crippen LogP contribution in [0.15, 0.2) is 35.4 Å². The zero-order chi connectivity index (χ0) is 14.2. The van der Waals surface area contributed by atoms with Crippen LogP contribution in [-0.4, -0.2) is 18.1 Å². The molecule has 0 unspecified atom stereocenters. The van der Waals surface area contributed by atoms with Crippen molar-refractivity contribution in [3.63, 3.8) is 0 Å². The van der Waals surface area contributed by atoms with Gasteiger partial charge in [-0.05, 0) is 55.4 Å². The maximum Gasteiger partial charge on any atom is 0.118 e. The molecule has 20 heavy (non-hydrogen) atoms. The van der Waals surface area contributed by atoms with Gasteiger partial charge in [0.1, 0.15) is 5.75 Å². The Morgan fingerprint density at radius 2 is 1.70 bits per heavy atom. The predicted molar refractivity (Wildman–Crippen MR) is 91.6 cm³/mol. The molecule has 0 N–H and O–H groups in total. The van der Waals surface area contributed by atoms with Gasteiger partial charge < -0.3 is 9.47 Å². The van der Waals surface area contributed by atoms with E-state index in [1.807, 2.05) is 12.1 Å². The topological polar surface area (TPSA) is 18.5 Å². The van der Waals surface area contributed by atoms with Gasteiger partial charge in [0.15, 0.2) is 0 Å². The minimum absolute atomic E-state index is 0.686. The van der Waals surface area contributed by atoms with Gasteiger partial charge in [-0.25, -0.2) is 0 Å². The zero-order valence-corrected chi connectivity index (χ0v) is 14.3. The van der Waals surface area contributed by atoms with Crippen molar-refractivity contribution in [3.8, 4) is 5.75 Å². The molecule has 0 radical (unpaired) electrons. The summed E-state index contributed by atoms with van der Waals surface area (Å²) in [6, 6.07) is 8.11. The summed E-state index contributed by atoms with van der Waals surface area (Å²) in [5, 5.41) is 0. The number of alkyl halides is 1. The summed E-state index contributed by atoms with van der Waals surface area (Å²) in [7, 11) is 1.69. The third-order valence-electron chi connectivity index (χ3n) is 3.81. The summed E-state index contributed by atoms with van der Waals surface area (Å²) in [5.41, 5.74) is 4.42. The van der Waals surface area contributed by atoms with E-state index in [2.05, 4.69) is 34.7 Å². The molecule has 0 saturated heterocycles. The van der Waals surface area contributed by atoms with Crippen molar-refractivity contribution in [3.05, 3.63) is 41.0 Å². The first-order valence-corrected chi connectivity index (χ1v) is 8.82. The average Bonchev–Trinajstić information content (AvgIpc) is 2.50. The van der Waals surface area contributed by atoms with Crippen LogP contribution in [0.3, 0.4) is 0 Å². The van der Waals surface area contributed by atoms with Gasteiger partial charge in [0.2, 0.25) is 0 Å². The van der Waals surface area contributed by atoms with Crippen molar-refractivity contribution in [1.82, 2.24) is 0 Å². The fourth-order valence-corrected chi connectivity index (χ4v) is 3.29. The van der Waals surface area contributed by atoms with Crippen molar-refractivity contribution < 1.29 is 9.47 Å². The summed E-state index contributed by atoms with van der Waals surface area (Å²) in [6.07, 6.45) is 6.43.